The molecule has 3 N–H and O–H groups in total. The fourth-order valence-electron chi connectivity index (χ4n) is 3.25. The van der Waals surface area contributed by atoms with Crippen LogP contribution in [0, 0.1) is 17.8 Å². The van der Waals surface area contributed by atoms with Crippen LogP contribution in [0.4, 0.5) is 0 Å². The van der Waals surface area contributed by atoms with Crippen LogP contribution in [0.25, 0.3) is 0 Å². The predicted molar refractivity (Wildman–Crippen MR) is 69.4 cm³/mol. The van der Waals surface area contributed by atoms with Gasteiger partial charge in [-0.3, -0.25) is 4.79 Å². The van der Waals surface area contributed by atoms with Gasteiger partial charge in [-0.2, -0.15) is 0 Å². The van der Waals surface area contributed by atoms with Gasteiger partial charge in [0.05, 0.1) is 0 Å². The van der Waals surface area contributed by atoms with Crippen molar-refractivity contribution in [3.8, 4) is 0 Å². The van der Waals surface area contributed by atoms with Gasteiger partial charge in [-0.15, -0.1) is 0 Å². The van der Waals surface area contributed by atoms with Crippen molar-refractivity contribution in [2.45, 2.75) is 64.5 Å². The van der Waals surface area contributed by atoms with E-state index in [-0.39, 0.29) is 11.8 Å². The monoisotopic (exact) mass is 238 g/mol. The summed E-state index contributed by atoms with van der Waals surface area (Å²) < 4.78 is 0. The number of nitrogens with two attached hydrogens (primary N) is 1. The van der Waals surface area contributed by atoms with E-state index in [1.54, 1.807) is 0 Å². The Labute approximate surface area is 105 Å². The van der Waals surface area contributed by atoms with E-state index in [2.05, 4.69) is 19.2 Å². The van der Waals surface area contributed by atoms with E-state index in [4.69, 9.17) is 5.73 Å². The minimum absolute atomic E-state index is 0.220. The Bertz CT molecular complexity index is 271. The van der Waals surface area contributed by atoms with Gasteiger partial charge in [0.15, 0.2) is 0 Å². The summed E-state index contributed by atoms with van der Waals surface area (Å²) in [6.07, 6.45) is 6.37. The molecule has 1 amide bonds. The zero-order valence-electron chi connectivity index (χ0n) is 11.1. The highest BCUT2D eigenvalue weighted by Gasteiger charge is 2.33. The SMILES string of the molecule is CC1CCC(NC(=O)C2CCC(N)CC2)C1C. The molecule has 2 rings (SSSR count). The van der Waals surface area contributed by atoms with E-state index in [9.17, 15) is 4.79 Å². The molecule has 3 atom stereocenters. The Kier molecular flexibility index (Phi) is 4.08. The Hall–Kier alpha value is -0.570. The lowest BCUT2D eigenvalue weighted by atomic mass is 9.85. The molecule has 2 aliphatic rings. The molecule has 3 unspecified atom stereocenters. The van der Waals surface area contributed by atoms with Crippen LogP contribution in [0.15, 0.2) is 0 Å². The summed E-state index contributed by atoms with van der Waals surface area (Å²) in [5, 5.41) is 3.26. The Morgan fingerprint density at radius 2 is 1.71 bits per heavy atom. The van der Waals surface area contributed by atoms with Crippen molar-refractivity contribution >= 4 is 5.91 Å². The molecule has 0 bridgehead atoms. The van der Waals surface area contributed by atoms with Crippen LogP contribution in [0.1, 0.15) is 52.4 Å². The molecule has 0 aromatic rings. The summed E-state index contributed by atoms with van der Waals surface area (Å²) in [6.45, 7) is 4.55. The maximum atomic E-state index is 12.2. The Morgan fingerprint density at radius 3 is 2.24 bits per heavy atom. The summed E-state index contributed by atoms with van der Waals surface area (Å²) in [7, 11) is 0. The fraction of sp³-hybridized carbons (Fsp3) is 0.929. The van der Waals surface area contributed by atoms with Crippen LogP contribution in [0.3, 0.4) is 0 Å². The van der Waals surface area contributed by atoms with Gasteiger partial charge in [0, 0.05) is 18.0 Å². The highest BCUT2D eigenvalue weighted by molar-refractivity contribution is 5.79. The van der Waals surface area contributed by atoms with E-state index >= 15 is 0 Å². The first kappa shape index (κ1) is 12.9. The summed E-state index contributed by atoms with van der Waals surface area (Å²) in [6, 6.07) is 0.734. The molecule has 0 heterocycles. The van der Waals surface area contributed by atoms with Crippen LogP contribution in [0.2, 0.25) is 0 Å². The summed E-state index contributed by atoms with van der Waals surface area (Å²) >= 11 is 0. The third-order valence-corrected chi connectivity index (χ3v) is 4.94. The lowest BCUT2D eigenvalue weighted by Crippen LogP contribution is -2.42. The van der Waals surface area contributed by atoms with E-state index in [0.29, 0.717) is 18.0 Å². The first-order valence-electron chi connectivity index (χ1n) is 7.14. The fourth-order valence-corrected chi connectivity index (χ4v) is 3.25. The second kappa shape index (κ2) is 5.38. The minimum Gasteiger partial charge on any atom is -0.353 e. The molecule has 0 aromatic carbocycles. The zero-order valence-corrected chi connectivity index (χ0v) is 11.1. The number of rotatable bonds is 2. The molecule has 0 saturated heterocycles. The normalized spacial score (nSPS) is 42.4. The maximum absolute atomic E-state index is 12.2. The lowest BCUT2D eigenvalue weighted by Gasteiger charge is -2.28. The second-order valence-electron chi connectivity index (χ2n) is 6.14. The standard InChI is InChI=1S/C14H26N2O/c1-9-3-8-13(10(9)2)16-14(17)11-4-6-12(15)7-5-11/h9-13H,3-8,15H2,1-2H3,(H,16,17). The predicted octanol–water partition coefficient (Wildman–Crippen LogP) is 2.05. The first-order valence-corrected chi connectivity index (χ1v) is 7.14. The number of nitrogens with one attached hydrogen (secondary N) is 1. The van der Waals surface area contributed by atoms with Gasteiger partial charge < -0.3 is 11.1 Å². The molecule has 0 spiro atoms. The van der Waals surface area contributed by atoms with Crippen molar-refractivity contribution in [2.75, 3.05) is 0 Å². The van der Waals surface area contributed by atoms with Gasteiger partial charge in [-0.25, -0.2) is 0 Å². The third kappa shape index (κ3) is 3.01. The highest BCUT2D eigenvalue weighted by Crippen LogP contribution is 2.32. The van der Waals surface area contributed by atoms with Gasteiger partial charge in [0.2, 0.25) is 5.91 Å². The van der Waals surface area contributed by atoms with Crippen molar-refractivity contribution < 1.29 is 4.79 Å². The van der Waals surface area contributed by atoms with Crippen molar-refractivity contribution in [1.82, 2.24) is 5.32 Å². The number of carbonyl (C=O) groups is 1. The minimum atomic E-state index is 0.220. The van der Waals surface area contributed by atoms with Gasteiger partial charge >= 0.3 is 0 Å². The summed E-state index contributed by atoms with van der Waals surface area (Å²) in [4.78, 5) is 12.2. The molecule has 0 aliphatic heterocycles. The van der Waals surface area contributed by atoms with Crippen LogP contribution in [-0.4, -0.2) is 18.0 Å². The highest BCUT2D eigenvalue weighted by atomic mass is 16.1. The Morgan fingerprint density at radius 1 is 1.06 bits per heavy atom. The van der Waals surface area contributed by atoms with Gasteiger partial charge in [0.1, 0.15) is 0 Å². The largest absolute Gasteiger partial charge is 0.353 e. The van der Waals surface area contributed by atoms with Crippen molar-refractivity contribution in [1.29, 1.82) is 0 Å². The third-order valence-electron chi connectivity index (χ3n) is 4.94. The second-order valence-corrected chi connectivity index (χ2v) is 6.14. The maximum Gasteiger partial charge on any atom is 0.223 e. The van der Waals surface area contributed by atoms with E-state index in [1.165, 1.54) is 6.42 Å². The molecule has 2 aliphatic carbocycles. The zero-order chi connectivity index (χ0) is 12.4. The number of hydrogen-bond donors (Lipinski definition) is 2. The van der Waals surface area contributed by atoms with Crippen LogP contribution in [0.5, 0.6) is 0 Å². The summed E-state index contributed by atoms with van der Waals surface area (Å²) in [5.41, 5.74) is 5.87. The average Bonchev–Trinajstić information content (AvgIpc) is 2.62. The molecule has 3 heteroatoms. The van der Waals surface area contributed by atoms with Crippen LogP contribution in [-0.2, 0) is 4.79 Å². The number of carbonyl (C=O) groups excluding carboxylic acids is 1. The smallest absolute Gasteiger partial charge is 0.223 e. The van der Waals surface area contributed by atoms with Gasteiger partial charge in [-0.05, 0) is 50.4 Å². The van der Waals surface area contributed by atoms with Gasteiger partial charge in [-0.1, -0.05) is 13.8 Å². The molecule has 0 aromatic heterocycles. The van der Waals surface area contributed by atoms with E-state index < -0.39 is 0 Å². The molecule has 98 valence electrons. The Balaban J connectivity index is 1.81. The molecule has 2 saturated carbocycles. The molecular weight excluding hydrogens is 212 g/mol. The molecule has 17 heavy (non-hydrogen) atoms. The summed E-state index contributed by atoms with van der Waals surface area (Å²) in [5.74, 6) is 1.88. The number of hydrogen-bond acceptors (Lipinski definition) is 2. The molecule has 0 radical (unpaired) electrons. The first-order chi connectivity index (χ1) is 8.08. The van der Waals surface area contributed by atoms with Gasteiger partial charge in [0.25, 0.3) is 0 Å². The van der Waals surface area contributed by atoms with Crippen LogP contribution >= 0.6 is 0 Å². The van der Waals surface area contributed by atoms with Crippen molar-refractivity contribution in [3.63, 3.8) is 0 Å². The van der Waals surface area contributed by atoms with E-state index in [1.807, 2.05) is 0 Å². The van der Waals surface area contributed by atoms with E-state index in [0.717, 1.165) is 38.0 Å². The molecular formula is C14H26N2O. The molecule has 3 nitrogen and oxygen atoms in total. The van der Waals surface area contributed by atoms with Crippen molar-refractivity contribution in [2.24, 2.45) is 23.5 Å². The van der Waals surface area contributed by atoms with Crippen LogP contribution < -0.4 is 11.1 Å². The number of amides is 1. The van der Waals surface area contributed by atoms with Crippen molar-refractivity contribution in [3.05, 3.63) is 0 Å². The quantitative estimate of drug-likeness (QED) is 0.773. The topological polar surface area (TPSA) is 55.1 Å². The lowest BCUT2D eigenvalue weighted by molar-refractivity contribution is -0.127. The molecule has 2 fully saturated rings. The average molecular weight is 238 g/mol.